The molecule has 1 aliphatic rings. The molecule has 2 aromatic rings. The van der Waals surface area contributed by atoms with Gasteiger partial charge in [0, 0.05) is 17.2 Å². The van der Waals surface area contributed by atoms with E-state index in [0.717, 1.165) is 5.56 Å². The van der Waals surface area contributed by atoms with Gasteiger partial charge in [-0.1, -0.05) is 6.07 Å². The molecule has 0 bridgehead atoms. The lowest BCUT2D eigenvalue weighted by molar-refractivity contribution is -0.125. The summed E-state index contributed by atoms with van der Waals surface area (Å²) in [5.74, 6) is 0.0615. The van der Waals surface area contributed by atoms with Crippen molar-refractivity contribution < 1.29 is 13.2 Å². The number of fused-ring (bicyclic) bond motifs is 1. The van der Waals surface area contributed by atoms with Gasteiger partial charge in [-0.25, -0.2) is 8.42 Å². The molecule has 0 radical (unpaired) electrons. The highest BCUT2D eigenvalue weighted by atomic mass is 32.2. The Morgan fingerprint density at radius 2 is 2.00 bits per heavy atom. The molecular weight excluding hydrogens is 306 g/mol. The van der Waals surface area contributed by atoms with E-state index in [9.17, 15) is 13.2 Å². The van der Waals surface area contributed by atoms with Gasteiger partial charge in [-0.05, 0) is 47.4 Å². The monoisotopic (exact) mass is 323 g/mol. The van der Waals surface area contributed by atoms with Gasteiger partial charge in [0.2, 0.25) is 5.91 Å². The average Bonchev–Trinajstić information content (AvgIpc) is 2.92. The van der Waals surface area contributed by atoms with E-state index in [-0.39, 0.29) is 23.3 Å². The van der Waals surface area contributed by atoms with Gasteiger partial charge in [-0.2, -0.15) is 0 Å². The molecule has 4 nitrogen and oxygen atoms in total. The highest BCUT2D eigenvalue weighted by Crippen LogP contribution is 2.22. The van der Waals surface area contributed by atoms with Gasteiger partial charge < -0.3 is 5.32 Å². The van der Waals surface area contributed by atoms with Crippen LogP contribution in [-0.2, 0) is 21.2 Å². The quantitative estimate of drug-likeness (QED) is 0.943. The van der Waals surface area contributed by atoms with Crippen molar-refractivity contribution in [3.63, 3.8) is 0 Å². The predicted octanol–water partition coefficient (Wildman–Crippen LogP) is 2.34. The minimum Gasteiger partial charge on any atom is -0.352 e. The van der Waals surface area contributed by atoms with E-state index in [1.54, 1.807) is 11.3 Å². The Hall–Kier alpha value is -1.40. The third kappa shape index (κ3) is 3.44. The van der Waals surface area contributed by atoms with Crippen molar-refractivity contribution in [1.82, 2.24) is 5.32 Å². The van der Waals surface area contributed by atoms with Crippen molar-refractivity contribution in [2.45, 2.75) is 19.4 Å². The van der Waals surface area contributed by atoms with E-state index < -0.39 is 9.84 Å². The summed E-state index contributed by atoms with van der Waals surface area (Å²) >= 11 is 1.70. The molecule has 21 heavy (non-hydrogen) atoms. The first-order chi connectivity index (χ1) is 10.0. The normalized spacial score (nSPS) is 18.7. The minimum absolute atomic E-state index is 0.0321. The first kappa shape index (κ1) is 14.5. The number of nitrogens with one attached hydrogen (secondary N) is 1. The van der Waals surface area contributed by atoms with Crippen LogP contribution >= 0.6 is 11.3 Å². The molecule has 0 aliphatic carbocycles. The molecule has 6 heteroatoms. The second-order valence-electron chi connectivity index (χ2n) is 5.44. The Labute approximate surface area is 128 Å². The lowest BCUT2D eigenvalue weighted by Gasteiger charge is -2.21. The van der Waals surface area contributed by atoms with E-state index in [1.807, 2.05) is 6.07 Å². The zero-order chi connectivity index (χ0) is 14.9. The van der Waals surface area contributed by atoms with Crippen LogP contribution in [0.25, 0.3) is 10.1 Å². The molecule has 0 unspecified atom stereocenters. The third-order valence-corrected chi connectivity index (χ3v) is 6.52. The Morgan fingerprint density at radius 3 is 2.76 bits per heavy atom. The van der Waals surface area contributed by atoms with Crippen LogP contribution in [0.15, 0.2) is 29.6 Å². The molecule has 1 amide bonds. The molecule has 1 saturated heterocycles. The topological polar surface area (TPSA) is 63.2 Å². The van der Waals surface area contributed by atoms with Crippen LogP contribution in [0.3, 0.4) is 0 Å². The molecule has 0 atom stereocenters. The number of hydrogen-bond donors (Lipinski definition) is 1. The largest absolute Gasteiger partial charge is 0.352 e. The minimum atomic E-state index is -2.91. The first-order valence-corrected chi connectivity index (χ1v) is 9.68. The fraction of sp³-hybridized carbons (Fsp3) is 0.400. The van der Waals surface area contributed by atoms with Crippen LogP contribution in [0.4, 0.5) is 0 Å². The maximum absolute atomic E-state index is 12.1. The summed E-state index contributed by atoms with van der Waals surface area (Å²) < 4.78 is 24.0. The molecule has 1 aromatic carbocycles. The molecule has 2 heterocycles. The number of rotatable bonds is 3. The summed E-state index contributed by atoms with van der Waals surface area (Å²) in [6.45, 7) is 0.494. The van der Waals surface area contributed by atoms with Crippen molar-refractivity contribution in [3.8, 4) is 0 Å². The SMILES string of the molecule is O=C(NCc1ccc2sccc2c1)C1CCS(=O)(=O)CC1. The fourth-order valence-corrected chi connectivity index (χ4v) is 4.87. The standard InChI is InChI=1S/C15H17NO3S2/c17-15(12-4-7-21(18,19)8-5-12)16-10-11-1-2-14-13(9-11)3-6-20-14/h1-3,6,9,12H,4-5,7-8,10H2,(H,16,17). The molecule has 1 aliphatic heterocycles. The zero-order valence-electron chi connectivity index (χ0n) is 11.5. The maximum Gasteiger partial charge on any atom is 0.223 e. The zero-order valence-corrected chi connectivity index (χ0v) is 13.2. The van der Waals surface area contributed by atoms with Crippen LogP contribution in [-0.4, -0.2) is 25.8 Å². The van der Waals surface area contributed by atoms with Crippen LogP contribution < -0.4 is 5.32 Å². The van der Waals surface area contributed by atoms with Gasteiger partial charge >= 0.3 is 0 Å². The molecule has 3 rings (SSSR count). The van der Waals surface area contributed by atoms with Gasteiger partial charge in [0.05, 0.1) is 11.5 Å². The third-order valence-electron chi connectivity index (χ3n) is 3.91. The van der Waals surface area contributed by atoms with Crippen molar-refractivity contribution in [2.24, 2.45) is 5.92 Å². The molecule has 0 spiro atoms. The lowest BCUT2D eigenvalue weighted by atomic mass is 10.0. The number of hydrogen-bond acceptors (Lipinski definition) is 4. The number of carbonyl (C=O) groups excluding carboxylic acids is 1. The molecule has 1 aromatic heterocycles. The molecule has 112 valence electrons. The molecule has 1 N–H and O–H groups in total. The highest BCUT2D eigenvalue weighted by molar-refractivity contribution is 7.91. The van der Waals surface area contributed by atoms with Crippen LogP contribution in [0, 0.1) is 5.92 Å². The van der Waals surface area contributed by atoms with E-state index in [2.05, 4.69) is 28.9 Å². The van der Waals surface area contributed by atoms with E-state index >= 15 is 0 Å². The Bertz CT molecular complexity index is 750. The van der Waals surface area contributed by atoms with Crippen LogP contribution in [0.5, 0.6) is 0 Å². The summed E-state index contributed by atoms with van der Waals surface area (Å²) in [6.07, 6.45) is 0.884. The predicted molar refractivity (Wildman–Crippen MR) is 85.0 cm³/mol. The number of amides is 1. The second-order valence-corrected chi connectivity index (χ2v) is 8.69. The lowest BCUT2D eigenvalue weighted by Crippen LogP contribution is -2.35. The number of sulfone groups is 1. The van der Waals surface area contributed by atoms with Gasteiger partial charge in [0.25, 0.3) is 0 Å². The second kappa shape index (κ2) is 5.77. The van der Waals surface area contributed by atoms with Crippen LogP contribution in [0.2, 0.25) is 0 Å². The van der Waals surface area contributed by atoms with Crippen molar-refractivity contribution >= 4 is 37.2 Å². The van der Waals surface area contributed by atoms with Gasteiger partial charge in [0.1, 0.15) is 9.84 Å². The van der Waals surface area contributed by atoms with E-state index in [4.69, 9.17) is 0 Å². The Kier molecular flexibility index (Phi) is 3.99. The van der Waals surface area contributed by atoms with Crippen molar-refractivity contribution in [2.75, 3.05) is 11.5 Å². The fourth-order valence-electron chi connectivity index (χ4n) is 2.61. The van der Waals surface area contributed by atoms with Crippen molar-refractivity contribution in [3.05, 3.63) is 35.2 Å². The van der Waals surface area contributed by atoms with Crippen molar-refractivity contribution in [1.29, 1.82) is 0 Å². The summed E-state index contributed by atoms with van der Waals surface area (Å²) in [7, 11) is -2.91. The first-order valence-electron chi connectivity index (χ1n) is 6.98. The molecular formula is C15H17NO3S2. The summed E-state index contributed by atoms with van der Waals surface area (Å²) in [5.41, 5.74) is 1.07. The van der Waals surface area contributed by atoms with E-state index in [1.165, 1.54) is 10.1 Å². The number of carbonyl (C=O) groups is 1. The molecule has 0 saturated carbocycles. The average molecular weight is 323 g/mol. The summed E-state index contributed by atoms with van der Waals surface area (Å²) in [4.78, 5) is 12.1. The van der Waals surface area contributed by atoms with Crippen LogP contribution in [0.1, 0.15) is 18.4 Å². The van der Waals surface area contributed by atoms with Gasteiger partial charge in [-0.15, -0.1) is 11.3 Å². The van der Waals surface area contributed by atoms with Gasteiger partial charge in [-0.3, -0.25) is 4.79 Å². The summed E-state index contributed by atoms with van der Waals surface area (Å²) in [5, 5.41) is 6.16. The number of benzene rings is 1. The highest BCUT2D eigenvalue weighted by Gasteiger charge is 2.28. The van der Waals surface area contributed by atoms with E-state index in [0.29, 0.717) is 19.4 Å². The Balaban J connectivity index is 1.58. The number of thiophene rings is 1. The maximum atomic E-state index is 12.1. The molecule has 1 fully saturated rings. The Morgan fingerprint density at radius 1 is 1.24 bits per heavy atom. The summed E-state index contributed by atoms with van der Waals surface area (Å²) in [6, 6.07) is 8.23. The smallest absolute Gasteiger partial charge is 0.223 e. The van der Waals surface area contributed by atoms with Gasteiger partial charge in [0.15, 0.2) is 0 Å².